The van der Waals surface area contributed by atoms with Gasteiger partial charge in [-0.1, -0.05) is 13.3 Å². The molecule has 2 atom stereocenters. The Hall–Kier alpha value is -2.93. The number of likely N-dealkylation sites (tertiary alicyclic amines) is 1. The lowest BCUT2D eigenvalue weighted by molar-refractivity contribution is -0.0369. The average molecular weight is 616 g/mol. The minimum atomic E-state index is -0.513. The molecular formula is C32H50FN7O4. The van der Waals surface area contributed by atoms with Gasteiger partial charge in [0.1, 0.15) is 17.9 Å². The zero-order chi connectivity index (χ0) is 31.9. The summed E-state index contributed by atoms with van der Waals surface area (Å²) in [6.45, 7) is 14.0. The molecule has 11 nitrogen and oxygen atoms in total. The van der Waals surface area contributed by atoms with Crippen LogP contribution >= 0.6 is 0 Å². The van der Waals surface area contributed by atoms with Gasteiger partial charge in [0.25, 0.3) is 11.8 Å². The number of aromatic nitrogens is 3. The van der Waals surface area contributed by atoms with E-state index in [2.05, 4.69) is 36.8 Å². The molecule has 0 aliphatic carbocycles. The lowest BCUT2D eigenvalue weighted by Crippen LogP contribution is -2.61. The molecule has 1 spiro atoms. The zero-order valence-corrected chi connectivity index (χ0v) is 27.2. The van der Waals surface area contributed by atoms with E-state index < -0.39 is 5.82 Å². The van der Waals surface area contributed by atoms with Crippen LogP contribution in [0.1, 0.15) is 63.7 Å². The number of ether oxygens (including phenoxy) is 2. The van der Waals surface area contributed by atoms with E-state index in [9.17, 15) is 14.3 Å². The first-order valence-corrected chi connectivity index (χ1v) is 15.9. The average Bonchev–Trinajstić information content (AvgIpc) is 3.42. The van der Waals surface area contributed by atoms with Crippen LogP contribution in [0.5, 0.6) is 11.6 Å². The number of benzene rings is 1. The number of likely N-dealkylation sites (N-methyl/N-ethyl adjacent to an activating group) is 1. The fraction of sp³-hybridized carbons (Fsp3) is 0.688. The minimum absolute atomic E-state index is 0.0531. The summed E-state index contributed by atoms with van der Waals surface area (Å²) >= 11 is 0. The Kier molecular flexibility index (Phi) is 11.9. The van der Waals surface area contributed by atoms with Crippen LogP contribution in [-0.2, 0) is 4.74 Å². The Balaban J connectivity index is 1.42. The molecule has 244 valence electrons. The third-order valence-corrected chi connectivity index (χ3v) is 8.87. The van der Waals surface area contributed by atoms with E-state index in [-0.39, 0.29) is 40.7 Å². The summed E-state index contributed by atoms with van der Waals surface area (Å²) in [6.07, 6.45) is 4.90. The Bertz CT molecular complexity index is 1230. The SMILES string of the molecule is CCCC(CC(O)CN(C)CCOC)N1CC2(CCN(c3ncnnc3Oc3ccc(F)cc3C(=O)N(CC)C(C)C)C2)C1. The molecule has 3 heterocycles. The van der Waals surface area contributed by atoms with Crippen LogP contribution in [0.4, 0.5) is 10.2 Å². The third kappa shape index (κ3) is 8.21. The van der Waals surface area contributed by atoms with E-state index in [0.717, 1.165) is 58.4 Å². The van der Waals surface area contributed by atoms with Crippen molar-refractivity contribution in [2.45, 2.75) is 71.6 Å². The first-order valence-electron chi connectivity index (χ1n) is 15.9. The number of aliphatic hydroxyl groups is 1. The van der Waals surface area contributed by atoms with Crippen LogP contribution in [0.25, 0.3) is 0 Å². The maximum atomic E-state index is 14.3. The maximum absolute atomic E-state index is 14.3. The van der Waals surface area contributed by atoms with Gasteiger partial charge in [0.15, 0.2) is 5.82 Å². The monoisotopic (exact) mass is 615 g/mol. The number of rotatable bonds is 16. The molecule has 4 rings (SSSR count). The van der Waals surface area contributed by atoms with E-state index in [1.165, 1.54) is 24.5 Å². The quantitative estimate of drug-likeness (QED) is 0.301. The molecule has 44 heavy (non-hydrogen) atoms. The molecule has 0 radical (unpaired) electrons. The van der Waals surface area contributed by atoms with Crippen molar-refractivity contribution in [3.8, 4) is 11.6 Å². The van der Waals surface area contributed by atoms with Crippen molar-refractivity contribution < 1.29 is 23.8 Å². The Morgan fingerprint density at radius 2 is 2.00 bits per heavy atom. The second-order valence-electron chi connectivity index (χ2n) is 12.7. The first-order chi connectivity index (χ1) is 21.1. The summed E-state index contributed by atoms with van der Waals surface area (Å²) in [6, 6.07) is 4.23. The summed E-state index contributed by atoms with van der Waals surface area (Å²) in [4.78, 5) is 26.3. The van der Waals surface area contributed by atoms with Crippen LogP contribution in [0.3, 0.4) is 0 Å². The molecule has 1 N–H and O–H groups in total. The highest BCUT2D eigenvalue weighted by molar-refractivity contribution is 5.97. The summed E-state index contributed by atoms with van der Waals surface area (Å²) in [5.41, 5.74) is 0.267. The minimum Gasteiger partial charge on any atom is -0.434 e. The second kappa shape index (κ2) is 15.4. The van der Waals surface area contributed by atoms with Gasteiger partial charge >= 0.3 is 0 Å². The highest BCUT2D eigenvalue weighted by atomic mass is 19.1. The number of nitrogens with zero attached hydrogens (tertiary/aromatic N) is 7. The molecule has 2 fully saturated rings. The molecule has 12 heteroatoms. The summed E-state index contributed by atoms with van der Waals surface area (Å²) in [7, 11) is 3.71. The summed E-state index contributed by atoms with van der Waals surface area (Å²) < 4.78 is 25.6. The highest BCUT2D eigenvalue weighted by Crippen LogP contribution is 2.44. The van der Waals surface area contributed by atoms with Gasteiger partial charge in [0, 0.05) is 70.4 Å². The van der Waals surface area contributed by atoms with Gasteiger partial charge in [-0.05, 0) is 65.3 Å². The molecule has 1 aromatic heterocycles. The predicted molar refractivity (Wildman–Crippen MR) is 168 cm³/mol. The van der Waals surface area contributed by atoms with Crippen LogP contribution in [0.2, 0.25) is 0 Å². The first kappa shape index (κ1) is 34.0. The lowest BCUT2D eigenvalue weighted by atomic mass is 9.77. The Morgan fingerprint density at radius 3 is 2.68 bits per heavy atom. The van der Waals surface area contributed by atoms with E-state index in [1.807, 2.05) is 27.8 Å². The Labute approximate surface area is 261 Å². The van der Waals surface area contributed by atoms with E-state index in [1.54, 1.807) is 12.0 Å². The van der Waals surface area contributed by atoms with Gasteiger partial charge in [-0.25, -0.2) is 9.37 Å². The van der Waals surface area contributed by atoms with Crippen molar-refractivity contribution in [2.75, 3.05) is 71.5 Å². The molecule has 2 unspecified atom stereocenters. The van der Waals surface area contributed by atoms with Gasteiger partial charge in [-0.2, -0.15) is 0 Å². The standard InChI is InChI=1S/C32H50FN7O4/c1-7-9-25(17-26(41)18-37(5)14-15-43-6)39-20-32(21-39)12-13-38(19-32)29-30(36-35-22-34-29)44-28-11-10-24(33)16-27(28)31(42)40(8-2)23(3)4/h10-11,16,22-23,25-26,41H,7-9,12-15,17-21H2,1-6H3. The largest absolute Gasteiger partial charge is 0.434 e. The second-order valence-corrected chi connectivity index (χ2v) is 12.7. The topological polar surface area (TPSA) is 107 Å². The number of hydrogen-bond acceptors (Lipinski definition) is 10. The van der Waals surface area contributed by atoms with Crippen molar-refractivity contribution in [3.05, 3.63) is 35.9 Å². The molecule has 0 saturated carbocycles. The van der Waals surface area contributed by atoms with Gasteiger partial charge in [-0.15, -0.1) is 10.2 Å². The zero-order valence-electron chi connectivity index (χ0n) is 27.2. The van der Waals surface area contributed by atoms with Crippen molar-refractivity contribution in [3.63, 3.8) is 0 Å². The molecule has 2 aliphatic rings. The molecule has 1 amide bonds. The van der Waals surface area contributed by atoms with Crippen LogP contribution in [-0.4, -0.2) is 126 Å². The molecule has 1 aromatic carbocycles. The van der Waals surface area contributed by atoms with Crippen LogP contribution in [0.15, 0.2) is 24.5 Å². The predicted octanol–water partition coefficient (Wildman–Crippen LogP) is 3.68. The molecule has 0 bridgehead atoms. The van der Waals surface area contributed by atoms with Gasteiger partial charge in [-0.3, -0.25) is 9.69 Å². The lowest BCUT2D eigenvalue weighted by Gasteiger charge is -2.52. The fourth-order valence-corrected chi connectivity index (χ4v) is 6.62. The smallest absolute Gasteiger partial charge is 0.282 e. The number of anilines is 1. The van der Waals surface area contributed by atoms with Crippen LogP contribution < -0.4 is 9.64 Å². The fourth-order valence-electron chi connectivity index (χ4n) is 6.62. The normalized spacial score (nSPS) is 17.7. The molecule has 2 aliphatic heterocycles. The molecule has 2 saturated heterocycles. The molecular weight excluding hydrogens is 565 g/mol. The van der Waals surface area contributed by atoms with Crippen LogP contribution in [0, 0.1) is 11.2 Å². The Morgan fingerprint density at radius 1 is 1.23 bits per heavy atom. The van der Waals surface area contributed by atoms with Gasteiger partial charge in [0.05, 0.1) is 18.3 Å². The number of amides is 1. The van der Waals surface area contributed by atoms with Crippen molar-refractivity contribution in [2.24, 2.45) is 5.41 Å². The third-order valence-electron chi connectivity index (χ3n) is 8.87. The summed E-state index contributed by atoms with van der Waals surface area (Å²) in [5.74, 6) is 0.156. The van der Waals surface area contributed by atoms with Gasteiger partial charge < -0.3 is 29.3 Å². The number of carbonyl (C=O) groups is 1. The highest BCUT2D eigenvalue weighted by Gasteiger charge is 2.50. The number of hydrogen-bond donors (Lipinski definition) is 1. The van der Waals surface area contributed by atoms with Gasteiger partial charge in [0.2, 0.25) is 0 Å². The van der Waals surface area contributed by atoms with E-state index in [0.29, 0.717) is 31.6 Å². The van der Waals surface area contributed by atoms with Crippen molar-refractivity contribution >= 4 is 11.7 Å². The number of methoxy groups -OCH3 is 1. The maximum Gasteiger partial charge on any atom is 0.282 e. The number of carbonyl (C=O) groups excluding carboxylic acids is 1. The van der Waals surface area contributed by atoms with Crippen molar-refractivity contribution in [1.82, 2.24) is 29.9 Å². The number of halogens is 1. The number of aliphatic hydroxyl groups excluding tert-OH is 1. The summed E-state index contributed by atoms with van der Waals surface area (Å²) in [5, 5.41) is 19.0. The molecule has 2 aromatic rings. The van der Waals surface area contributed by atoms with E-state index >= 15 is 0 Å². The van der Waals surface area contributed by atoms with E-state index in [4.69, 9.17) is 9.47 Å². The van der Waals surface area contributed by atoms with Crippen molar-refractivity contribution in [1.29, 1.82) is 0 Å².